The zero-order valence-electron chi connectivity index (χ0n) is 17.3. The number of fused-ring (bicyclic) bond motifs is 1. The topological polar surface area (TPSA) is 85.8 Å². The third kappa shape index (κ3) is 3.53. The van der Waals surface area contributed by atoms with Gasteiger partial charge < -0.3 is 14.4 Å². The molecule has 2 aromatic rings. The number of nitrogens with zero attached hydrogens (tertiary/aromatic N) is 2. The van der Waals surface area contributed by atoms with Gasteiger partial charge in [-0.3, -0.25) is 19.4 Å². The number of hydrogen-bond acceptors (Lipinski definition) is 6. The number of Topliss-reactive ketones (excluding diaryl/α,β-unsaturated/α-hetero) is 2. The van der Waals surface area contributed by atoms with Gasteiger partial charge in [0.1, 0.15) is 17.8 Å². The van der Waals surface area contributed by atoms with Crippen LogP contribution in [-0.4, -0.2) is 52.7 Å². The standard InChI is InChI=1S/C24H24N2O5/c1-14-11-17-12-16(4-5-19(17)31-14)22(27)20-21(15-6-8-25-9-7-15)26(24(29)23(20)28)13-18-3-2-10-30-18/h4-9,12,14,18,20-21H,2-3,10-11,13H2,1H3. The fraction of sp³-hybridized carbons (Fsp3) is 0.417. The zero-order valence-corrected chi connectivity index (χ0v) is 17.3. The highest BCUT2D eigenvalue weighted by atomic mass is 16.5. The van der Waals surface area contributed by atoms with Gasteiger partial charge in [-0.15, -0.1) is 0 Å². The molecule has 5 rings (SSSR count). The lowest BCUT2D eigenvalue weighted by Crippen LogP contribution is -2.37. The van der Waals surface area contributed by atoms with Crippen molar-refractivity contribution >= 4 is 17.5 Å². The molecule has 3 aliphatic heterocycles. The van der Waals surface area contributed by atoms with Crippen LogP contribution < -0.4 is 4.74 Å². The van der Waals surface area contributed by atoms with Crippen LogP contribution in [0, 0.1) is 5.92 Å². The normalized spacial score (nSPS) is 27.5. The Bertz CT molecular complexity index is 1030. The van der Waals surface area contributed by atoms with E-state index >= 15 is 0 Å². The van der Waals surface area contributed by atoms with Gasteiger partial charge >= 0.3 is 0 Å². The maximum atomic E-state index is 13.6. The van der Waals surface area contributed by atoms with Crippen molar-refractivity contribution in [2.24, 2.45) is 5.92 Å². The van der Waals surface area contributed by atoms with E-state index in [-0.39, 0.29) is 18.0 Å². The molecule has 2 saturated heterocycles. The highest BCUT2D eigenvalue weighted by molar-refractivity contribution is 6.44. The quantitative estimate of drug-likeness (QED) is 0.420. The predicted octanol–water partition coefficient (Wildman–Crippen LogP) is 2.54. The smallest absolute Gasteiger partial charge is 0.291 e. The molecule has 3 aliphatic rings. The van der Waals surface area contributed by atoms with E-state index in [9.17, 15) is 14.4 Å². The van der Waals surface area contributed by atoms with Gasteiger partial charge in [-0.05, 0) is 61.2 Å². The van der Waals surface area contributed by atoms with E-state index in [1.54, 1.807) is 42.7 Å². The molecule has 1 aromatic carbocycles. The number of aromatic nitrogens is 1. The van der Waals surface area contributed by atoms with Crippen LogP contribution in [0.25, 0.3) is 0 Å². The number of ether oxygens (including phenoxy) is 2. The molecule has 0 bridgehead atoms. The molecule has 0 N–H and O–H groups in total. The van der Waals surface area contributed by atoms with Crippen LogP contribution in [0.4, 0.5) is 0 Å². The minimum Gasteiger partial charge on any atom is -0.490 e. The second kappa shape index (κ2) is 7.89. The summed E-state index contributed by atoms with van der Waals surface area (Å²) in [5, 5.41) is 0. The van der Waals surface area contributed by atoms with E-state index in [0.29, 0.717) is 25.1 Å². The molecule has 0 spiro atoms. The van der Waals surface area contributed by atoms with E-state index in [0.717, 1.165) is 29.7 Å². The molecular formula is C24H24N2O5. The largest absolute Gasteiger partial charge is 0.490 e. The molecule has 4 unspecified atom stereocenters. The van der Waals surface area contributed by atoms with Crippen LogP contribution >= 0.6 is 0 Å². The van der Waals surface area contributed by atoms with Crippen molar-refractivity contribution in [3.05, 3.63) is 59.4 Å². The molecule has 2 fully saturated rings. The number of amides is 1. The highest BCUT2D eigenvalue weighted by Gasteiger charge is 2.52. The van der Waals surface area contributed by atoms with Crippen LogP contribution in [0.1, 0.15) is 47.3 Å². The van der Waals surface area contributed by atoms with Gasteiger partial charge in [0.25, 0.3) is 5.91 Å². The van der Waals surface area contributed by atoms with E-state index in [2.05, 4.69) is 4.98 Å². The van der Waals surface area contributed by atoms with Gasteiger partial charge in [0.2, 0.25) is 5.78 Å². The molecule has 1 amide bonds. The molecule has 1 aromatic heterocycles. The van der Waals surface area contributed by atoms with Crippen molar-refractivity contribution in [3.8, 4) is 5.75 Å². The summed E-state index contributed by atoms with van der Waals surface area (Å²) in [7, 11) is 0. The van der Waals surface area contributed by atoms with E-state index in [1.807, 2.05) is 6.92 Å². The molecule has 0 saturated carbocycles. The second-order valence-electron chi connectivity index (χ2n) is 8.48. The van der Waals surface area contributed by atoms with Crippen molar-refractivity contribution in [1.82, 2.24) is 9.88 Å². The first-order valence-electron chi connectivity index (χ1n) is 10.7. The van der Waals surface area contributed by atoms with E-state index in [1.165, 1.54) is 4.90 Å². The Kier molecular flexibility index (Phi) is 5.06. The number of ketones is 2. The van der Waals surface area contributed by atoms with Crippen LogP contribution in [0.15, 0.2) is 42.7 Å². The lowest BCUT2D eigenvalue weighted by atomic mass is 9.86. The van der Waals surface area contributed by atoms with Crippen molar-refractivity contribution in [2.45, 2.75) is 44.4 Å². The van der Waals surface area contributed by atoms with Gasteiger partial charge in [-0.1, -0.05) is 0 Å². The molecule has 7 heteroatoms. The molecule has 0 aliphatic carbocycles. The van der Waals surface area contributed by atoms with Crippen LogP contribution in [0.2, 0.25) is 0 Å². The van der Waals surface area contributed by atoms with Gasteiger partial charge in [0.05, 0.1) is 12.1 Å². The first kappa shape index (κ1) is 19.9. The lowest BCUT2D eigenvalue weighted by molar-refractivity contribution is -0.141. The number of pyridine rings is 1. The molecule has 4 atom stereocenters. The Balaban J connectivity index is 1.51. The first-order chi connectivity index (χ1) is 15.0. The van der Waals surface area contributed by atoms with Gasteiger partial charge in [-0.25, -0.2) is 0 Å². The summed E-state index contributed by atoms with van der Waals surface area (Å²) < 4.78 is 11.4. The molecule has 31 heavy (non-hydrogen) atoms. The van der Waals surface area contributed by atoms with Gasteiger partial charge in [0, 0.05) is 37.5 Å². The molecular weight excluding hydrogens is 396 g/mol. The maximum absolute atomic E-state index is 13.6. The Morgan fingerprint density at radius 1 is 1.19 bits per heavy atom. The number of likely N-dealkylation sites (tertiary alicyclic amines) is 1. The summed E-state index contributed by atoms with van der Waals surface area (Å²) in [5.41, 5.74) is 2.11. The Morgan fingerprint density at radius 3 is 2.74 bits per heavy atom. The van der Waals surface area contributed by atoms with Crippen LogP contribution in [0.5, 0.6) is 5.75 Å². The molecule has 160 valence electrons. The Hall–Kier alpha value is -3.06. The summed E-state index contributed by atoms with van der Waals surface area (Å²) in [4.78, 5) is 45.2. The third-order valence-corrected chi connectivity index (χ3v) is 6.34. The second-order valence-corrected chi connectivity index (χ2v) is 8.48. The van der Waals surface area contributed by atoms with Crippen LogP contribution in [-0.2, 0) is 20.7 Å². The summed E-state index contributed by atoms with van der Waals surface area (Å²) in [6.07, 6.45) is 5.65. The summed E-state index contributed by atoms with van der Waals surface area (Å²) >= 11 is 0. The summed E-state index contributed by atoms with van der Waals surface area (Å²) in [6, 6.07) is 8.12. The van der Waals surface area contributed by atoms with Crippen molar-refractivity contribution in [3.63, 3.8) is 0 Å². The monoisotopic (exact) mass is 420 g/mol. The SMILES string of the molecule is CC1Cc2cc(C(=O)C3C(=O)C(=O)N(CC4CCCO4)C3c3ccncc3)ccc2O1. The first-order valence-corrected chi connectivity index (χ1v) is 10.7. The average molecular weight is 420 g/mol. The van der Waals surface area contributed by atoms with Gasteiger partial charge in [-0.2, -0.15) is 0 Å². The molecule has 0 radical (unpaired) electrons. The predicted molar refractivity (Wildman–Crippen MR) is 111 cm³/mol. The van der Waals surface area contributed by atoms with Crippen molar-refractivity contribution in [1.29, 1.82) is 0 Å². The Labute approximate surface area is 180 Å². The molecule has 7 nitrogen and oxygen atoms in total. The fourth-order valence-electron chi connectivity index (χ4n) is 4.88. The fourth-order valence-corrected chi connectivity index (χ4v) is 4.88. The third-order valence-electron chi connectivity index (χ3n) is 6.34. The average Bonchev–Trinajstić information content (AvgIpc) is 3.48. The number of carbonyl (C=O) groups excluding carboxylic acids is 3. The zero-order chi connectivity index (χ0) is 21.5. The maximum Gasteiger partial charge on any atom is 0.291 e. The molecule has 4 heterocycles. The lowest BCUT2D eigenvalue weighted by Gasteiger charge is -2.29. The van der Waals surface area contributed by atoms with E-state index < -0.39 is 23.7 Å². The van der Waals surface area contributed by atoms with Crippen molar-refractivity contribution in [2.75, 3.05) is 13.2 Å². The van der Waals surface area contributed by atoms with Gasteiger partial charge in [0.15, 0.2) is 5.78 Å². The minimum absolute atomic E-state index is 0.0570. The highest BCUT2D eigenvalue weighted by Crippen LogP contribution is 2.39. The minimum atomic E-state index is -1.09. The van der Waals surface area contributed by atoms with Crippen LogP contribution in [0.3, 0.4) is 0 Å². The number of carbonyl (C=O) groups is 3. The number of rotatable bonds is 5. The van der Waals surface area contributed by atoms with Crippen molar-refractivity contribution < 1.29 is 23.9 Å². The Morgan fingerprint density at radius 2 is 2.00 bits per heavy atom. The van der Waals surface area contributed by atoms with E-state index in [4.69, 9.17) is 9.47 Å². The number of benzene rings is 1. The summed E-state index contributed by atoms with van der Waals surface area (Å²) in [6.45, 7) is 2.93. The number of hydrogen-bond donors (Lipinski definition) is 0. The summed E-state index contributed by atoms with van der Waals surface area (Å²) in [5.74, 6) is -1.93.